The molecule has 0 spiro atoms. The molecule has 0 fully saturated rings. The molecule has 1 amide bonds. The lowest BCUT2D eigenvalue weighted by Gasteiger charge is -2.04. The Hall–Kier alpha value is -3.27. The van der Waals surface area contributed by atoms with Gasteiger partial charge < -0.3 is 9.15 Å². The Morgan fingerprint density at radius 1 is 1.19 bits per heavy atom. The summed E-state index contributed by atoms with van der Waals surface area (Å²) in [6.07, 6.45) is 1.09. The zero-order valence-corrected chi connectivity index (χ0v) is 14.9. The number of hydrogen-bond acceptors (Lipinski definition) is 7. The van der Waals surface area contributed by atoms with Gasteiger partial charge in [0.25, 0.3) is 5.91 Å². The van der Waals surface area contributed by atoms with E-state index in [9.17, 15) is 17.6 Å². The number of amides is 1. The minimum Gasteiger partial charge on any atom is -0.484 e. The lowest BCUT2D eigenvalue weighted by molar-refractivity contribution is -0.118. The molecule has 10 heteroatoms. The van der Waals surface area contributed by atoms with Crippen LogP contribution in [0, 0.1) is 5.82 Å². The maximum Gasteiger partial charge on any atom is 0.322 e. The third-order valence-electron chi connectivity index (χ3n) is 3.36. The van der Waals surface area contributed by atoms with Gasteiger partial charge in [-0.1, -0.05) is 11.2 Å². The molecule has 1 heterocycles. The van der Waals surface area contributed by atoms with Crippen LogP contribution in [0.1, 0.15) is 0 Å². The fourth-order valence-corrected chi connectivity index (χ4v) is 2.75. The topological polar surface area (TPSA) is 111 Å². The molecule has 0 aliphatic rings. The Morgan fingerprint density at radius 3 is 2.63 bits per heavy atom. The SMILES string of the molecule is CS(=O)(=O)c1cccc(-c2nnc(NC(=O)COc3ccc(F)cc3)o2)c1. The van der Waals surface area contributed by atoms with Crippen molar-refractivity contribution >= 4 is 21.8 Å². The van der Waals surface area contributed by atoms with Gasteiger partial charge in [-0.05, 0) is 42.5 Å². The number of rotatable bonds is 6. The predicted octanol–water partition coefficient (Wildman–Crippen LogP) is 2.30. The molecule has 3 rings (SSSR count). The van der Waals surface area contributed by atoms with Crippen LogP contribution in [0.4, 0.5) is 10.4 Å². The van der Waals surface area contributed by atoms with Gasteiger partial charge in [0.15, 0.2) is 16.4 Å². The average Bonchev–Trinajstić information content (AvgIpc) is 3.09. The maximum absolute atomic E-state index is 12.8. The number of carbonyl (C=O) groups is 1. The minimum absolute atomic E-state index is 0.0512. The highest BCUT2D eigenvalue weighted by atomic mass is 32.2. The van der Waals surface area contributed by atoms with Crippen molar-refractivity contribution < 1.29 is 26.8 Å². The Bertz CT molecular complexity index is 1060. The second kappa shape index (κ2) is 7.54. The molecule has 0 saturated carbocycles. The van der Waals surface area contributed by atoms with Crippen LogP contribution >= 0.6 is 0 Å². The van der Waals surface area contributed by atoms with Gasteiger partial charge in [0, 0.05) is 11.8 Å². The van der Waals surface area contributed by atoms with E-state index in [0.717, 1.165) is 6.26 Å². The van der Waals surface area contributed by atoms with E-state index in [-0.39, 0.29) is 23.4 Å². The molecule has 2 aromatic carbocycles. The molecule has 8 nitrogen and oxygen atoms in total. The van der Waals surface area contributed by atoms with E-state index in [1.807, 2.05) is 0 Å². The van der Waals surface area contributed by atoms with Gasteiger partial charge in [-0.2, -0.15) is 0 Å². The molecule has 0 aliphatic carbocycles. The molecule has 1 aromatic heterocycles. The molecule has 27 heavy (non-hydrogen) atoms. The quantitative estimate of drug-likeness (QED) is 0.686. The zero-order valence-electron chi connectivity index (χ0n) is 14.0. The molecule has 0 aliphatic heterocycles. The molecule has 140 valence electrons. The highest BCUT2D eigenvalue weighted by Crippen LogP contribution is 2.22. The number of carbonyl (C=O) groups excluding carboxylic acids is 1. The standard InChI is InChI=1S/C17H14FN3O5S/c1-27(23,24)14-4-2-3-11(9-14)16-20-21-17(26-16)19-15(22)10-25-13-7-5-12(18)6-8-13/h2-9H,10H2,1H3,(H,19,21,22). The van der Waals surface area contributed by atoms with E-state index in [2.05, 4.69) is 15.5 Å². The first-order valence-electron chi connectivity index (χ1n) is 7.63. The first-order valence-corrected chi connectivity index (χ1v) is 9.52. The molecule has 0 saturated heterocycles. The minimum atomic E-state index is -3.38. The second-order valence-corrected chi connectivity index (χ2v) is 7.52. The highest BCUT2D eigenvalue weighted by molar-refractivity contribution is 7.90. The molecule has 0 radical (unpaired) electrons. The summed E-state index contributed by atoms with van der Waals surface area (Å²) < 4.78 is 46.6. The van der Waals surface area contributed by atoms with Crippen molar-refractivity contribution in [1.82, 2.24) is 10.2 Å². The summed E-state index contributed by atoms with van der Waals surface area (Å²) in [4.78, 5) is 12.0. The Balaban J connectivity index is 1.64. The van der Waals surface area contributed by atoms with Crippen LogP contribution in [0.15, 0.2) is 57.8 Å². The number of nitrogens with one attached hydrogen (secondary N) is 1. The predicted molar refractivity (Wildman–Crippen MR) is 93.4 cm³/mol. The van der Waals surface area contributed by atoms with Crippen molar-refractivity contribution in [2.75, 3.05) is 18.2 Å². The molecule has 1 N–H and O–H groups in total. The number of ether oxygens (including phenoxy) is 1. The van der Waals surface area contributed by atoms with Crippen LogP contribution < -0.4 is 10.1 Å². The number of anilines is 1. The first-order chi connectivity index (χ1) is 12.8. The lowest BCUT2D eigenvalue weighted by atomic mass is 10.2. The van der Waals surface area contributed by atoms with Crippen LogP contribution in [0.25, 0.3) is 11.5 Å². The van der Waals surface area contributed by atoms with Crippen molar-refractivity contribution in [3.63, 3.8) is 0 Å². The van der Waals surface area contributed by atoms with Gasteiger partial charge in [-0.3, -0.25) is 10.1 Å². The Morgan fingerprint density at radius 2 is 1.93 bits per heavy atom. The summed E-state index contributed by atoms with van der Waals surface area (Å²) in [6.45, 7) is -0.340. The Kier molecular flexibility index (Phi) is 5.17. The summed E-state index contributed by atoms with van der Waals surface area (Å²) in [5.74, 6) is -0.588. The van der Waals surface area contributed by atoms with Crippen LogP contribution in [-0.4, -0.2) is 37.4 Å². The van der Waals surface area contributed by atoms with Crippen LogP contribution in [0.2, 0.25) is 0 Å². The summed E-state index contributed by atoms with van der Waals surface area (Å²) in [6, 6.07) is 11.0. The third kappa shape index (κ3) is 4.88. The fourth-order valence-electron chi connectivity index (χ4n) is 2.09. The van der Waals surface area contributed by atoms with Crippen molar-refractivity contribution in [2.45, 2.75) is 4.90 Å². The highest BCUT2D eigenvalue weighted by Gasteiger charge is 2.14. The van der Waals surface area contributed by atoms with Crippen molar-refractivity contribution in [3.05, 3.63) is 54.3 Å². The number of nitrogens with zero attached hydrogens (tertiary/aromatic N) is 2. The van der Waals surface area contributed by atoms with Gasteiger partial charge in [0.05, 0.1) is 4.90 Å². The number of sulfone groups is 1. The molecular weight excluding hydrogens is 377 g/mol. The van der Waals surface area contributed by atoms with E-state index < -0.39 is 21.6 Å². The van der Waals surface area contributed by atoms with Crippen LogP contribution in [0.3, 0.4) is 0 Å². The van der Waals surface area contributed by atoms with Crippen molar-refractivity contribution in [1.29, 1.82) is 0 Å². The van der Waals surface area contributed by atoms with Gasteiger partial charge in [0.2, 0.25) is 5.89 Å². The van der Waals surface area contributed by atoms with E-state index in [1.54, 1.807) is 12.1 Å². The monoisotopic (exact) mass is 391 g/mol. The molecule has 0 unspecified atom stereocenters. The number of aromatic nitrogens is 2. The van der Waals surface area contributed by atoms with E-state index >= 15 is 0 Å². The largest absolute Gasteiger partial charge is 0.484 e. The average molecular weight is 391 g/mol. The van der Waals surface area contributed by atoms with Crippen molar-refractivity contribution in [3.8, 4) is 17.2 Å². The fraction of sp³-hybridized carbons (Fsp3) is 0.118. The lowest BCUT2D eigenvalue weighted by Crippen LogP contribution is -2.20. The van der Waals surface area contributed by atoms with Gasteiger partial charge >= 0.3 is 6.01 Å². The molecular formula is C17H14FN3O5S. The second-order valence-electron chi connectivity index (χ2n) is 5.50. The summed E-state index contributed by atoms with van der Waals surface area (Å²) in [5, 5.41) is 9.83. The van der Waals surface area contributed by atoms with Gasteiger partial charge in [-0.25, -0.2) is 12.8 Å². The number of halogens is 1. The smallest absolute Gasteiger partial charge is 0.322 e. The number of hydrogen-bond donors (Lipinski definition) is 1. The summed E-state index contributed by atoms with van der Waals surface area (Å²) >= 11 is 0. The first kappa shape index (κ1) is 18.5. The van der Waals surface area contributed by atoms with E-state index in [1.165, 1.54) is 36.4 Å². The van der Waals surface area contributed by atoms with Gasteiger partial charge in [0.1, 0.15) is 11.6 Å². The molecule has 0 atom stereocenters. The van der Waals surface area contributed by atoms with E-state index in [4.69, 9.17) is 9.15 Å². The summed E-state index contributed by atoms with van der Waals surface area (Å²) in [7, 11) is -3.38. The van der Waals surface area contributed by atoms with Gasteiger partial charge in [-0.15, -0.1) is 5.10 Å². The Labute approximate surface area is 153 Å². The van der Waals surface area contributed by atoms with Crippen LogP contribution in [0.5, 0.6) is 5.75 Å². The molecule has 0 bridgehead atoms. The van der Waals surface area contributed by atoms with Crippen molar-refractivity contribution in [2.24, 2.45) is 0 Å². The van der Waals surface area contributed by atoms with Crippen LogP contribution in [-0.2, 0) is 14.6 Å². The van der Waals surface area contributed by atoms with E-state index in [0.29, 0.717) is 11.3 Å². The number of benzene rings is 2. The summed E-state index contributed by atoms with van der Waals surface area (Å²) in [5.41, 5.74) is 0.397. The maximum atomic E-state index is 12.8. The third-order valence-corrected chi connectivity index (χ3v) is 4.47. The normalized spacial score (nSPS) is 11.2. The zero-order chi connectivity index (χ0) is 19.4. The molecule has 3 aromatic rings.